The summed E-state index contributed by atoms with van der Waals surface area (Å²) >= 11 is 0. The first-order chi connectivity index (χ1) is 15.0. The van der Waals surface area contributed by atoms with Crippen LogP contribution in [0, 0.1) is 0 Å². The van der Waals surface area contributed by atoms with E-state index in [0.29, 0.717) is 6.07 Å². The maximum Gasteiger partial charge on any atom is 0.416 e. The molecule has 0 aliphatic carbocycles. The summed E-state index contributed by atoms with van der Waals surface area (Å²) < 4.78 is 65.6. The number of rotatable bonds is 4. The number of nitrogens with zero attached hydrogens (tertiary/aromatic N) is 3. The van der Waals surface area contributed by atoms with Crippen LogP contribution in [-0.4, -0.2) is 67.2 Å². The molecule has 0 aromatic heterocycles. The highest BCUT2D eigenvalue weighted by molar-refractivity contribution is 7.89. The maximum absolute atomic E-state index is 12.9. The summed E-state index contributed by atoms with van der Waals surface area (Å²) in [6, 6.07) is 8.24. The fourth-order valence-electron chi connectivity index (χ4n) is 3.78. The maximum atomic E-state index is 12.9. The molecular weight excluding hydrogens is 449 g/mol. The summed E-state index contributed by atoms with van der Waals surface area (Å²) in [5.41, 5.74) is 5.37. The molecule has 0 radical (unpaired) electrons. The second kappa shape index (κ2) is 7.87. The number of nitrogen functional groups attached to an aromatic ring is 1. The van der Waals surface area contributed by atoms with Gasteiger partial charge in [-0.05, 0) is 30.3 Å². The summed E-state index contributed by atoms with van der Waals surface area (Å²) in [6.45, 7) is 0.360. The van der Waals surface area contributed by atoms with E-state index in [2.05, 4.69) is 0 Å². The first kappa shape index (κ1) is 22.2. The predicted molar refractivity (Wildman–Crippen MR) is 108 cm³/mol. The molecular formula is C20H19F3N4O4S. The van der Waals surface area contributed by atoms with E-state index in [4.69, 9.17) is 5.73 Å². The van der Waals surface area contributed by atoms with Crippen molar-refractivity contribution in [1.82, 2.24) is 14.1 Å². The molecule has 8 nitrogen and oxygen atoms in total. The molecule has 4 rings (SSSR count). The Morgan fingerprint density at radius 3 is 2.22 bits per heavy atom. The highest BCUT2D eigenvalue weighted by Gasteiger charge is 2.39. The van der Waals surface area contributed by atoms with Crippen molar-refractivity contribution in [2.24, 2.45) is 0 Å². The van der Waals surface area contributed by atoms with Crippen molar-refractivity contribution in [2.75, 3.05) is 38.6 Å². The molecule has 2 aromatic carbocycles. The molecule has 1 fully saturated rings. The number of halogens is 3. The molecule has 0 saturated carbocycles. The number of nitrogens with two attached hydrogens (primary N) is 1. The third kappa shape index (κ3) is 3.85. The van der Waals surface area contributed by atoms with Crippen LogP contribution in [-0.2, 0) is 16.2 Å². The summed E-state index contributed by atoms with van der Waals surface area (Å²) in [5.74, 6) is -0.988. The number of amides is 2. The zero-order valence-electron chi connectivity index (χ0n) is 16.7. The van der Waals surface area contributed by atoms with Crippen molar-refractivity contribution in [1.29, 1.82) is 0 Å². The Bertz CT molecular complexity index is 1190. The molecule has 2 aliphatic heterocycles. The van der Waals surface area contributed by atoms with Gasteiger partial charge in [-0.25, -0.2) is 8.42 Å². The van der Waals surface area contributed by atoms with Gasteiger partial charge in [0.05, 0.1) is 28.3 Å². The number of hydrogen-bond acceptors (Lipinski definition) is 6. The van der Waals surface area contributed by atoms with Crippen molar-refractivity contribution in [3.63, 3.8) is 0 Å². The van der Waals surface area contributed by atoms with Gasteiger partial charge in [0.15, 0.2) is 0 Å². The summed E-state index contributed by atoms with van der Waals surface area (Å²) in [4.78, 5) is 27.6. The quantitative estimate of drug-likeness (QED) is 0.543. The van der Waals surface area contributed by atoms with Crippen LogP contribution in [0.1, 0.15) is 26.3 Å². The minimum Gasteiger partial charge on any atom is -0.398 e. The lowest BCUT2D eigenvalue weighted by Crippen LogP contribution is -2.52. The molecule has 0 atom stereocenters. The zero-order chi connectivity index (χ0) is 23.3. The van der Waals surface area contributed by atoms with E-state index >= 15 is 0 Å². The van der Waals surface area contributed by atoms with Crippen molar-refractivity contribution in [2.45, 2.75) is 11.1 Å². The fourth-order valence-corrected chi connectivity index (χ4v) is 5.25. The molecule has 170 valence electrons. The minimum absolute atomic E-state index is 0.00386. The van der Waals surface area contributed by atoms with Gasteiger partial charge < -0.3 is 5.73 Å². The van der Waals surface area contributed by atoms with Crippen LogP contribution in [0.15, 0.2) is 47.4 Å². The van der Waals surface area contributed by atoms with Gasteiger partial charge in [-0.2, -0.15) is 17.5 Å². The Labute approximate surface area is 182 Å². The second-order valence-corrected chi connectivity index (χ2v) is 9.44. The molecule has 2 heterocycles. The highest BCUT2D eigenvalue weighted by atomic mass is 32.2. The molecule has 12 heteroatoms. The molecule has 0 bridgehead atoms. The molecule has 2 aliphatic rings. The van der Waals surface area contributed by atoms with E-state index in [1.807, 2.05) is 0 Å². The average Bonchev–Trinajstić information content (AvgIpc) is 2.99. The van der Waals surface area contributed by atoms with Gasteiger partial charge in [0, 0.05) is 31.9 Å². The summed E-state index contributed by atoms with van der Waals surface area (Å²) in [7, 11) is -4.12. The molecule has 0 spiro atoms. The van der Waals surface area contributed by atoms with Gasteiger partial charge >= 0.3 is 6.18 Å². The number of sulfonamides is 1. The van der Waals surface area contributed by atoms with Gasteiger partial charge in [-0.1, -0.05) is 12.1 Å². The molecule has 32 heavy (non-hydrogen) atoms. The second-order valence-electron chi connectivity index (χ2n) is 7.50. The summed E-state index contributed by atoms with van der Waals surface area (Å²) in [5, 5.41) is 0. The van der Waals surface area contributed by atoms with E-state index < -0.39 is 38.5 Å². The van der Waals surface area contributed by atoms with Crippen LogP contribution >= 0.6 is 0 Å². The van der Waals surface area contributed by atoms with Crippen LogP contribution in [0.25, 0.3) is 0 Å². The first-order valence-corrected chi connectivity index (χ1v) is 11.1. The number of benzene rings is 2. The van der Waals surface area contributed by atoms with Crippen LogP contribution in [0.5, 0.6) is 0 Å². The molecule has 2 amide bonds. The Hall–Kier alpha value is -2.96. The van der Waals surface area contributed by atoms with E-state index in [1.54, 1.807) is 11.0 Å². The third-order valence-corrected chi connectivity index (χ3v) is 7.40. The van der Waals surface area contributed by atoms with Crippen LogP contribution in [0.4, 0.5) is 18.9 Å². The van der Waals surface area contributed by atoms with Gasteiger partial charge in [0.25, 0.3) is 11.8 Å². The topological polar surface area (TPSA) is 104 Å². The van der Waals surface area contributed by atoms with Gasteiger partial charge in [-0.15, -0.1) is 0 Å². The zero-order valence-corrected chi connectivity index (χ0v) is 17.5. The third-order valence-electron chi connectivity index (χ3n) is 5.50. The Kier molecular flexibility index (Phi) is 5.47. The number of alkyl halides is 3. The number of hydrogen-bond donors (Lipinski definition) is 1. The average molecular weight is 468 g/mol. The molecule has 1 saturated heterocycles. The largest absolute Gasteiger partial charge is 0.416 e. The number of anilines is 1. The fraction of sp³-hybridized carbons (Fsp3) is 0.300. The highest BCUT2D eigenvalue weighted by Crippen LogP contribution is 2.31. The lowest BCUT2D eigenvalue weighted by atomic mass is 10.1. The Morgan fingerprint density at radius 1 is 0.938 bits per heavy atom. The van der Waals surface area contributed by atoms with E-state index in [0.717, 1.165) is 27.4 Å². The van der Waals surface area contributed by atoms with Gasteiger partial charge in [0.2, 0.25) is 10.0 Å². The first-order valence-electron chi connectivity index (χ1n) is 9.64. The van der Waals surface area contributed by atoms with Gasteiger partial charge in [0.1, 0.15) is 0 Å². The summed E-state index contributed by atoms with van der Waals surface area (Å²) in [6.07, 6.45) is -4.65. The molecule has 2 N–H and O–H groups in total. The van der Waals surface area contributed by atoms with Gasteiger partial charge in [-0.3, -0.25) is 19.4 Å². The van der Waals surface area contributed by atoms with Crippen molar-refractivity contribution < 1.29 is 31.2 Å². The minimum atomic E-state index is -4.65. The van der Waals surface area contributed by atoms with Crippen molar-refractivity contribution >= 4 is 27.5 Å². The number of imide groups is 1. The SMILES string of the molecule is Nc1cccc2c1C(=O)N(CN1CCN(S(=O)(=O)c3cccc(C(F)(F)F)c3)CC1)C2=O. The normalized spacial score (nSPS) is 18.3. The Morgan fingerprint density at radius 2 is 1.59 bits per heavy atom. The lowest BCUT2D eigenvalue weighted by Gasteiger charge is -2.35. The van der Waals surface area contributed by atoms with Crippen LogP contribution in [0.3, 0.4) is 0 Å². The van der Waals surface area contributed by atoms with E-state index in [1.165, 1.54) is 12.1 Å². The lowest BCUT2D eigenvalue weighted by molar-refractivity contribution is -0.137. The monoisotopic (exact) mass is 468 g/mol. The Balaban J connectivity index is 1.43. The number of carbonyl (C=O) groups excluding carboxylic acids is 2. The van der Waals surface area contributed by atoms with Crippen LogP contribution in [0.2, 0.25) is 0 Å². The number of piperazine rings is 1. The molecule has 0 unspecified atom stereocenters. The standard InChI is InChI=1S/C20H19F3N4O4S/c21-20(22,23)13-3-1-4-14(11-13)32(30,31)26-9-7-25(8-10-26)12-27-18(28)15-5-2-6-16(24)17(15)19(27)29/h1-6,11H,7-10,12,24H2. The number of fused-ring (bicyclic) bond motifs is 1. The van der Waals surface area contributed by atoms with E-state index in [9.17, 15) is 31.2 Å². The number of carbonyl (C=O) groups is 2. The van der Waals surface area contributed by atoms with Crippen LogP contribution < -0.4 is 5.73 Å². The van der Waals surface area contributed by atoms with Crippen molar-refractivity contribution in [3.8, 4) is 0 Å². The molecule has 2 aromatic rings. The van der Waals surface area contributed by atoms with E-state index in [-0.39, 0.29) is 49.7 Å². The smallest absolute Gasteiger partial charge is 0.398 e. The predicted octanol–water partition coefficient (Wildman–Crippen LogP) is 1.85. The van der Waals surface area contributed by atoms with Crippen molar-refractivity contribution in [3.05, 3.63) is 59.2 Å².